The number of hydrogen-bond donors (Lipinski definition) is 4. The normalized spacial score (nSPS) is 10.0. The molecule has 92 valence electrons. The van der Waals surface area contributed by atoms with Crippen molar-refractivity contribution in [3.05, 3.63) is 35.9 Å². The monoisotopic (exact) mass is 246 g/mol. The van der Waals surface area contributed by atoms with Crippen molar-refractivity contribution < 1.29 is 15.0 Å². The van der Waals surface area contributed by atoms with Crippen molar-refractivity contribution in [2.24, 2.45) is 0 Å². The molecular formula is C11H10N4O3. The number of carbonyl (C=O) groups excluding carboxylic acids is 1. The van der Waals surface area contributed by atoms with Crippen LogP contribution in [-0.4, -0.2) is 26.1 Å². The molecule has 1 heterocycles. The van der Waals surface area contributed by atoms with E-state index in [1.54, 1.807) is 30.3 Å². The molecule has 0 atom stereocenters. The van der Waals surface area contributed by atoms with E-state index in [1.807, 2.05) is 0 Å². The lowest BCUT2D eigenvalue weighted by Crippen LogP contribution is -2.13. The molecule has 0 aliphatic rings. The van der Waals surface area contributed by atoms with Crippen LogP contribution in [0.1, 0.15) is 10.4 Å². The summed E-state index contributed by atoms with van der Waals surface area (Å²) in [5.41, 5.74) is 5.30. The summed E-state index contributed by atoms with van der Waals surface area (Å²) in [7, 11) is 0. The summed E-state index contributed by atoms with van der Waals surface area (Å²) in [6, 6.07) is 8.31. The molecular weight excluding hydrogens is 236 g/mol. The molecule has 0 aliphatic carbocycles. The maximum atomic E-state index is 11.8. The first-order chi connectivity index (χ1) is 8.58. The number of nitrogen functional groups attached to an aromatic ring is 1. The minimum absolute atomic E-state index is 0.280. The van der Waals surface area contributed by atoms with Crippen LogP contribution < -0.4 is 11.1 Å². The van der Waals surface area contributed by atoms with E-state index in [1.165, 1.54) is 0 Å². The van der Waals surface area contributed by atoms with E-state index >= 15 is 0 Å². The third kappa shape index (κ3) is 2.29. The zero-order valence-corrected chi connectivity index (χ0v) is 9.16. The van der Waals surface area contributed by atoms with E-state index in [2.05, 4.69) is 15.3 Å². The highest BCUT2D eigenvalue weighted by Crippen LogP contribution is 2.30. The summed E-state index contributed by atoms with van der Waals surface area (Å²) >= 11 is 0. The van der Waals surface area contributed by atoms with Gasteiger partial charge in [-0.3, -0.25) is 4.79 Å². The van der Waals surface area contributed by atoms with Gasteiger partial charge in [-0.2, -0.15) is 9.97 Å². The van der Waals surface area contributed by atoms with E-state index in [4.69, 9.17) is 5.73 Å². The third-order valence-corrected chi connectivity index (χ3v) is 2.16. The highest BCUT2D eigenvalue weighted by molar-refractivity contribution is 6.05. The maximum Gasteiger partial charge on any atom is 0.255 e. The lowest BCUT2D eigenvalue weighted by atomic mass is 10.2. The van der Waals surface area contributed by atoms with Crippen LogP contribution in [0.25, 0.3) is 0 Å². The number of hydrogen-bond acceptors (Lipinski definition) is 6. The van der Waals surface area contributed by atoms with Gasteiger partial charge in [0.25, 0.3) is 5.91 Å². The van der Waals surface area contributed by atoms with E-state index in [-0.39, 0.29) is 11.6 Å². The largest absolute Gasteiger partial charge is 0.492 e. The quantitative estimate of drug-likeness (QED) is 0.619. The fourth-order valence-electron chi connectivity index (χ4n) is 1.34. The van der Waals surface area contributed by atoms with Gasteiger partial charge >= 0.3 is 0 Å². The Hall–Kier alpha value is -2.83. The van der Waals surface area contributed by atoms with Gasteiger partial charge in [-0.25, -0.2) is 0 Å². The number of aromatic nitrogens is 2. The summed E-state index contributed by atoms with van der Waals surface area (Å²) in [4.78, 5) is 18.6. The van der Waals surface area contributed by atoms with Crippen LogP contribution in [0.4, 0.5) is 11.6 Å². The Morgan fingerprint density at radius 2 is 1.67 bits per heavy atom. The van der Waals surface area contributed by atoms with E-state index in [9.17, 15) is 15.0 Å². The Bertz CT molecular complexity index is 563. The van der Waals surface area contributed by atoms with Crippen molar-refractivity contribution in [1.82, 2.24) is 9.97 Å². The lowest BCUT2D eigenvalue weighted by molar-refractivity contribution is 0.102. The first-order valence-corrected chi connectivity index (χ1v) is 5.00. The van der Waals surface area contributed by atoms with Crippen molar-refractivity contribution in [1.29, 1.82) is 0 Å². The molecule has 0 spiro atoms. The van der Waals surface area contributed by atoms with Crippen LogP contribution in [0, 0.1) is 0 Å². The van der Waals surface area contributed by atoms with Crippen LogP contribution in [0.3, 0.4) is 0 Å². The number of rotatable bonds is 2. The number of nitrogens with one attached hydrogen (secondary N) is 1. The van der Waals surface area contributed by atoms with Gasteiger partial charge in [-0.15, -0.1) is 0 Å². The van der Waals surface area contributed by atoms with E-state index in [0.29, 0.717) is 5.56 Å². The molecule has 0 saturated carbocycles. The van der Waals surface area contributed by atoms with Crippen LogP contribution in [0.5, 0.6) is 11.8 Å². The zero-order valence-electron chi connectivity index (χ0n) is 9.16. The minimum atomic E-state index is -0.593. The topological polar surface area (TPSA) is 121 Å². The average molecular weight is 246 g/mol. The zero-order chi connectivity index (χ0) is 13.1. The number of amides is 1. The number of nitrogens with two attached hydrogens (primary N) is 1. The van der Waals surface area contributed by atoms with Gasteiger partial charge in [0.1, 0.15) is 0 Å². The van der Waals surface area contributed by atoms with Crippen molar-refractivity contribution >= 4 is 17.5 Å². The number of carbonyl (C=O) groups is 1. The van der Waals surface area contributed by atoms with Gasteiger partial charge in [0, 0.05) is 5.56 Å². The second-order valence-electron chi connectivity index (χ2n) is 3.42. The highest BCUT2D eigenvalue weighted by atomic mass is 16.3. The smallest absolute Gasteiger partial charge is 0.255 e. The molecule has 5 N–H and O–H groups in total. The lowest BCUT2D eigenvalue weighted by Gasteiger charge is -2.08. The molecule has 0 bridgehead atoms. The second kappa shape index (κ2) is 4.58. The predicted octanol–water partition coefficient (Wildman–Crippen LogP) is 0.722. The number of benzene rings is 1. The first kappa shape index (κ1) is 11.6. The van der Waals surface area contributed by atoms with Crippen LogP contribution >= 0.6 is 0 Å². The number of anilines is 2. The summed E-state index contributed by atoms with van der Waals surface area (Å²) in [6.07, 6.45) is 0. The molecule has 1 aromatic carbocycles. The van der Waals surface area contributed by atoms with Crippen molar-refractivity contribution in [2.75, 3.05) is 11.1 Å². The number of nitrogens with zero attached hydrogens (tertiary/aromatic N) is 2. The summed E-state index contributed by atoms with van der Waals surface area (Å²) in [5, 5.41) is 21.2. The standard InChI is InChI=1S/C11H10N4O3/c12-11-14-9(17)7(10(18)15-11)13-8(16)6-4-2-1-3-5-6/h1-5H,(H,13,16)(H4,12,14,15,17,18). The number of aromatic hydroxyl groups is 2. The fourth-order valence-corrected chi connectivity index (χ4v) is 1.34. The van der Waals surface area contributed by atoms with Gasteiger partial charge in [-0.1, -0.05) is 18.2 Å². The Balaban J connectivity index is 2.28. The van der Waals surface area contributed by atoms with E-state index in [0.717, 1.165) is 0 Å². The molecule has 2 aromatic rings. The fraction of sp³-hybridized carbons (Fsp3) is 0. The van der Waals surface area contributed by atoms with Gasteiger partial charge in [0.05, 0.1) is 0 Å². The molecule has 1 amide bonds. The molecule has 1 aromatic heterocycles. The van der Waals surface area contributed by atoms with Crippen molar-refractivity contribution in [3.8, 4) is 11.8 Å². The molecule has 0 fully saturated rings. The Kier molecular flexibility index (Phi) is 2.96. The van der Waals surface area contributed by atoms with Crippen molar-refractivity contribution in [3.63, 3.8) is 0 Å². The maximum absolute atomic E-state index is 11.8. The molecule has 7 heteroatoms. The molecule has 2 rings (SSSR count). The molecule has 0 unspecified atom stereocenters. The Labute approximate surface area is 102 Å². The Morgan fingerprint density at radius 3 is 2.22 bits per heavy atom. The van der Waals surface area contributed by atoms with Crippen LogP contribution in [0.2, 0.25) is 0 Å². The summed E-state index contributed by atoms with van der Waals surface area (Å²) < 4.78 is 0. The first-order valence-electron chi connectivity index (χ1n) is 5.00. The second-order valence-corrected chi connectivity index (χ2v) is 3.42. The van der Waals surface area contributed by atoms with Crippen LogP contribution in [-0.2, 0) is 0 Å². The Morgan fingerprint density at radius 1 is 1.11 bits per heavy atom. The SMILES string of the molecule is Nc1nc(O)c(NC(=O)c2ccccc2)c(O)n1. The molecule has 0 aliphatic heterocycles. The molecule has 0 saturated heterocycles. The average Bonchev–Trinajstić information content (AvgIpc) is 2.34. The van der Waals surface area contributed by atoms with E-state index < -0.39 is 17.7 Å². The predicted molar refractivity (Wildman–Crippen MR) is 64.2 cm³/mol. The van der Waals surface area contributed by atoms with Gasteiger partial charge in [-0.05, 0) is 12.1 Å². The van der Waals surface area contributed by atoms with Gasteiger partial charge < -0.3 is 21.3 Å². The summed E-state index contributed by atoms with van der Waals surface area (Å²) in [6.45, 7) is 0. The minimum Gasteiger partial charge on any atom is -0.492 e. The van der Waals surface area contributed by atoms with Crippen LogP contribution in [0.15, 0.2) is 30.3 Å². The molecule has 18 heavy (non-hydrogen) atoms. The molecule has 0 radical (unpaired) electrons. The molecule has 7 nitrogen and oxygen atoms in total. The third-order valence-electron chi connectivity index (χ3n) is 2.16. The van der Waals surface area contributed by atoms with Gasteiger partial charge in [0.15, 0.2) is 5.69 Å². The van der Waals surface area contributed by atoms with Gasteiger partial charge in [0.2, 0.25) is 17.7 Å². The van der Waals surface area contributed by atoms with Crippen molar-refractivity contribution in [2.45, 2.75) is 0 Å². The highest BCUT2D eigenvalue weighted by Gasteiger charge is 2.15. The summed E-state index contributed by atoms with van der Waals surface area (Å²) in [5.74, 6) is -1.98.